The summed E-state index contributed by atoms with van der Waals surface area (Å²) in [6, 6.07) is 5.67. The maximum absolute atomic E-state index is 6.22. The second-order valence-electron chi connectivity index (χ2n) is 4.45. The van der Waals surface area contributed by atoms with Crippen molar-refractivity contribution in [1.82, 2.24) is 5.32 Å². The standard InChI is InChI=1S/C13H21ClN2O/c1-9(2)8-16-11(7-15)13-10(14)5-4-6-12(13)17-3/h4-6,9,11,16H,7-8,15H2,1-3H3. The number of benzene rings is 1. The van der Waals surface area contributed by atoms with Crippen LogP contribution in [-0.4, -0.2) is 20.2 Å². The van der Waals surface area contributed by atoms with Crippen LogP contribution in [0.4, 0.5) is 0 Å². The van der Waals surface area contributed by atoms with Crippen molar-refractivity contribution in [2.75, 3.05) is 20.2 Å². The predicted octanol–water partition coefficient (Wildman–Crippen LogP) is 2.59. The molecule has 1 aromatic carbocycles. The van der Waals surface area contributed by atoms with E-state index in [1.54, 1.807) is 7.11 Å². The van der Waals surface area contributed by atoms with Crippen LogP contribution in [-0.2, 0) is 0 Å². The van der Waals surface area contributed by atoms with Crippen molar-refractivity contribution in [3.63, 3.8) is 0 Å². The largest absolute Gasteiger partial charge is 0.496 e. The molecule has 0 radical (unpaired) electrons. The molecule has 1 rings (SSSR count). The van der Waals surface area contributed by atoms with Crippen LogP contribution in [0, 0.1) is 5.92 Å². The minimum absolute atomic E-state index is 0.0287. The summed E-state index contributed by atoms with van der Waals surface area (Å²) in [6.07, 6.45) is 0. The van der Waals surface area contributed by atoms with Crippen molar-refractivity contribution < 1.29 is 4.74 Å². The van der Waals surface area contributed by atoms with Gasteiger partial charge in [0.15, 0.2) is 0 Å². The van der Waals surface area contributed by atoms with E-state index in [4.69, 9.17) is 22.1 Å². The van der Waals surface area contributed by atoms with E-state index in [9.17, 15) is 0 Å². The minimum Gasteiger partial charge on any atom is -0.496 e. The summed E-state index contributed by atoms with van der Waals surface area (Å²) in [5.41, 5.74) is 6.75. The fourth-order valence-electron chi connectivity index (χ4n) is 1.71. The maximum Gasteiger partial charge on any atom is 0.125 e. The molecule has 0 aromatic heterocycles. The molecule has 1 atom stereocenters. The Balaban J connectivity index is 2.94. The summed E-state index contributed by atoms with van der Waals surface area (Å²) in [6.45, 7) is 5.71. The Morgan fingerprint density at radius 3 is 2.65 bits per heavy atom. The van der Waals surface area contributed by atoms with Gasteiger partial charge in [0.2, 0.25) is 0 Å². The fourth-order valence-corrected chi connectivity index (χ4v) is 2.01. The lowest BCUT2D eigenvalue weighted by Crippen LogP contribution is -2.31. The number of hydrogen-bond acceptors (Lipinski definition) is 3. The minimum atomic E-state index is 0.0287. The molecular weight excluding hydrogens is 236 g/mol. The molecule has 3 nitrogen and oxygen atoms in total. The highest BCUT2D eigenvalue weighted by atomic mass is 35.5. The van der Waals surface area contributed by atoms with Crippen LogP contribution in [0.25, 0.3) is 0 Å². The summed E-state index contributed by atoms with van der Waals surface area (Å²) in [4.78, 5) is 0. The van der Waals surface area contributed by atoms with Gasteiger partial charge in [-0.3, -0.25) is 0 Å². The van der Waals surface area contributed by atoms with Gasteiger partial charge in [-0.2, -0.15) is 0 Å². The summed E-state index contributed by atoms with van der Waals surface area (Å²) in [7, 11) is 1.64. The molecule has 17 heavy (non-hydrogen) atoms. The van der Waals surface area contributed by atoms with Crippen LogP contribution in [0.15, 0.2) is 18.2 Å². The van der Waals surface area contributed by atoms with Gasteiger partial charge in [-0.1, -0.05) is 31.5 Å². The highest BCUT2D eigenvalue weighted by Crippen LogP contribution is 2.31. The predicted molar refractivity (Wildman–Crippen MR) is 72.6 cm³/mol. The normalized spacial score (nSPS) is 12.8. The Labute approximate surface area is 108 Å². The SMILES string of the molecule is COc1cccc(Cl)c1C(CN)NCC(C)C. The zero-order valence-corrected chi connectivity index (χ0v) is 11.4. The molecule has 0 amide bonds. The Morgan fingerprint density at radius 2 is 2.12 bits per heavy atom. The second kappa shape index (κ2) is 6.84. The van der Waals surface area contributed by atoms with Gasteiger partial charge in [-0.05, 0) is 24.6 Å². The highest BCUT2D eigenvalue weighted by Gasteiger charge is 2.17. The van der Waals surface area contributed by atoms with E-state index in [0.717, 1.165) is 17.9 Å². The molecule has 0 bridgehead atoms. The Bertz CT molecular complexity index is 355. The molecule has 0 aliphatic rings. The summed E-state index contributed by atoms with van der Waals surface area (Å²) < 4.78 is 5.34. The van der Waals surface area contributed by atoms with Crippen molar-refractivity contribution in [2.45, 2.75) is 19.9 Å². The van der Waals surface area contributed by atoms with Crippen molar-refractivity contribution in [3.05, 3.63) is 28.8 Å². The number of nitrogens with one attached hydrogen (secondary N) is 1. The van der Waals surface area contributed by atoms with Gasteiger partial charge < -0.3 is 15.8 Å². The number of halogens is 1. The van der Waals surface area contributed by atoms with Crippen LogP contribution in [0.1, 0.15) is 25.5 Å². The van der Waals surface area contributed by atoms with Crippen molar-refractivity contribution in [2.24, 2.45) is 11.7 Å². The lowest BCUT2D eigenvalue weighted by atomic mass is 10.0. The van der Waals surface area contributed by atoms with Crippen LogP contribution in [0.5, 0.6) is 5.75 Å². The molecule has 0 heterocycles. The zero-order chi connectivity index (χ0) is 12.8. The van der Waals surface area contributed by atoms with Crippen LogP contribution in [0.3, 0.4) is 0 Å². The third-order valence-electron chi connectivity index (χ3n) is 2.59. The van der Waals surface area contributed by atoms with Gasteiger partial charge in [-0.25, -0.2) is 0 Å². The molecular formula is C13H21ClN2O. The Morgan fingerprint density at radius 1 is 1.41 bits per heavy atom. The fraction of sp³-hybridized carbons (Fsp3) is 0.538. The average Bonchev–Trinajstić information content (AvgIpc) is 2.31. The Kier molecular flexibility index (Phi) is 5.75. The average molecular weight is 257 g/mol. The summed E-state index contributed by atoms with van der Waals surface area (Å²) in [5.74, 6) is 1.35. The van der Waals surface area contributed by atoms with Crippen LogP contribution >= 0.6 is 11.6 Å². The van der Waals surface area contributed by atoms with Crippen molar-refractivity contribution in [3.8, 4) is 5.75 Å². The molecule has 0 fully saturated rings. The van der Waals surface area contributed by atoms with Crippen molar-refractivity contribution >= 4 is 11.6 Å². The maximum atomic E-state index is 6.22. The third-order valence-corrected chi connectivity index (χ3v) is 2.92. The molecule has 0 spiro atoms. The van der Waals surface area contributed by atoms with Gasteiger partial charge >= 0.3 is 0 Å². The van der Waals surface area contributed by atoms with E-state index in [0.29, 0.717) is 17.5 Å². The molecule has 96 valence electrons. The van der Waals surface area contributed by atoms with Crippen LogP contribution in [0.2, 0.25) is 5.02 Å². The van der Waals surface area contributed by atoms with Gasteiger partial charge in [0.1, 0.15) is 5.75 Å². The topological polar surface area (TPSA) is 47.3 Å². The first kappa shape index (κ1) is 14.3. The molecule has 0 aliphatic heterocycles. The first-order valence-corrected chi connectivity index (χ1v) is 6.23. The van der Waals surface area contributed by atoms with Crippen LogP contribution < -0.4 is 15.8 Å². The number of methoxy groups -OCH3 is 1. The monoisotopic (exact) mass is 256 g/mol. The van der Waals surface area contributed by atoms with E-state index in [-0.39, 0.29) is 6.04 Å². The molecule has 4 heteroatoms. The van der Waals surface area contributed by atoms with E-state index in [1.165, 1.54) is 0 Å². The van der Waals surface area contributed by atoms with Gasteiger partial charge in [-0.15, -0.1) is 0 Å². The molecule has 1 unspecified atom stereocenters. The number of ether oxygens (including phenoxy) is 1. The second-order valence-corrected chi connectivity index (χ2v) is 4.85. The quantitative estimate of drug-likeness (QED) is 0.823. The molecule has 0 saturated heterocycles. The molecule has 0 aliphatic carbocycles. The summed E-state index contributed by atoms with van der Waals surface area (Å²) >= 11 is 6.22. The lowest BCUT2D eigenvalue weighted by molar-refractivity contribution is 0.395. The number of hydrogen-bond donors (Lipinski definition) is 2. The Hall–Kier alpha value is -0.770. The van der Waals surface area contributed by atoms with E-state index >= 15 is 0 Å². The lowest BCUT2D eigenvalue weighted by Gasteiger charge is -2.22. The first-order valence-electron chi connectivity index (χ1n) is 5.86. The van der Waals surface area contributed by atoms with Crippen molar-refractivity contribution in [1.29, 1.82) is 0 Å². The highest BCUT2D eigenvalue weighted by molar-refractivity contribution is 6.31. The van der Waals surface area contributed by atoms with Gasteiger partial charge in [0.25, 0.3) is 0 Å². The third kappa shape index (κ3) is 3.87. The zero-order valence-electron chi connectivity index (χ0n) is 10.7. The molecule has 3 N–H and O–H groups in total. The summed E-state index contributed by atoms with van der Waals surface area (Å²) in [5, 5.41) is 4.10. The number of nitrogens with two attached hydrogens (primary N) is 1. The molecule has 1 aromatic rings. The first-order chi connectivity index (χ1) is 8.10. The molecule has 0 saturated carbocycles. The van der Waals surface area contributed by atoms with Gasteiger partial charge in [0, 0.05) is 23.2 Å². The van der Waals surface area contributed by atoms with E-state index in [2.05, 4.69) is 19.2 Å². The number of rotatable bonds is 6. The van der Waals surface area contributed by atoms with Gasteiger partial charge in [0.05, 0.1) is 7.11 Å². The smallest absolute Gasteiger partial charge is 0.125 e. The van der Waals surface area contributed by atoms with E-state index in [1.807, 2.05) is 18.2 Å². The van der Waals surface area contributed by atoms with E-state index < -0.39 is 0 Å².